The Balaban J connectivity index is 1.49. The number of aryl methyl sites for hydroxylation is 3. The van der Waals surface area contributed by atoms with Crippen molar-refractivity contribution in [3.8, 4) is 0 Å². The van der Waals surface area contributed by atoms with Crippen LogP contribution in [-0.4, -0.2) is 43.9 Å². The molecule has 2 aromatic carbocycles. The molecule has 188 valence electrons. The van der Waals surface area contributed by atoms with E-state index in [1.807, 2.05) is 31.1 Å². The van der Waals surface area contributed by atoms with Crippen LogP contribution in [-0.2, 0) is 16.4 Å². The minimum Gasteiger partial charge on any atom is -0.345 e. The van der Waals surface area contributed by atoms with E-state index in [1.165, 1.54) is 33.6 Å². The van der Waals surface area contributed by atoms with Crippen molar-refractivity contribution in [3.63, 3.8) is 0 Å². The summed E-state index contributed by atoms with van der Waals surface area (Å²) in [5.74, 6) is -11.7. The van der Waals surface area contributed by atoms with Gasteiger partial charge in [0.05, 0.1) is 5.69 Å². The summed E-state index contributed by atoms with van der Waals surface area (Å²) in [7, 11) is -4.95. The summed E-state index contributed by atoms with van der Waals surface area (Å²) in [5.41, 5.74) is 5.57. The van der Waals surface area contributed by atoms with Gasteiger partial charge in [0.2, 0.25) is 15.8 Å². The molecule has 0 unspecified atom stereocenters. The molecule has 2 heterocycles. The number of halogens is 5. The van der Waals surface area contributed by atoms with E-state index < -0.39 is 44.0 Å². The van der Waals surface area contributed by atoms with Crippen molar-refractivity contribution in [1.82, 2.24) is 9.29 Å². The zero-order chi connectivity index (χ0) is 25.7. The van der Waals surface area contributed by atoms with Crippen LogP contribution < -0.4 is 4.90 Å². The lowest BCUT2D eigenvalue weighted by atomic mass is 9.96. The third-order valence-electron chi connectivity index (χ3n) is 6.01. The Labute approximate surface area is 203 Å². The quantitative estimate of drug-likeness (QED) is 0.268. The first-order valence-electron chi connectivity index (χ1n) is 10.7. The van der Waals surface area contributed by atoms with Crippen molar-refractivity contribution in [2.24, 2.45) is 0 Å². The summed E-state index contributed by atoms with van der Waals surface area (Å²) in [6.07, 6.45) is 0.642. The Hall–Kier alpha value is -2.57. The molecule has 1 aliphatic heterocycles. The number of thiazole rings is 1. The zero-order valence-electron chi connectivity index (χ0n) is 19.1. The Morgan fingerprint density at radius 2 is 1.37 bits per heavy atom. The fraction of sp³-hybridized carbons (Fsp3) is 0.348. The molecule has 1 saturated heterocycles. The third-order valence-corrected chi connectivity index (χ3v) is 8.88. The molecule has 4 rings (SSSR count). The van der Waals surface area contributed by atoms with Gasteiger partial charge in [-0.05, 0) is 37.5 Å². The first-order valence-corrected chi connectivity index (χ1v) is 13.0. The van der Waals surface area contributed by atoms with E-state index in [4.69, 9.17) is 0 Å². The second-order valence-corrected chi connectivity index (χ2v) is 11.2. The van der Waals surface area contributed by atoms with Gasteiger partial charge in [-0.3, -0.25) is 0 Å². The molecule has 0 bridgehead atoms. The summed E-state index contributed by atoms with van der Waals surface area (Å²) in [6.45, 7) is 6.02. The van der Waals surface area contributed by atoms with Crippen LogP contribution in [0, 0.1) is 49.9 Å². The largest absolute Gasteiger partial charge is 0.345 e. The molecule has 3 aromatic rings. The van der Waals surface area contributed by atoms with Crippen molar-refractivity contribution in [2.75, 3.05) is 31.1 Å². The summed E-state index contributed by atoms with van der Waals surface area (Å²) >= 11 is 1.39. The fourth-order valence-electron chi connectivity index (χ4n) is 4.25. The molecule has 12 heteroatoms. The molecular weight excluding hydrogens is 509 g/mol. The normalized spacial score (nSPS) is 15.1. The van der Waals surface area contributed by atoms with E-state index >= 15 is 0 Å². The Bertz CT molecular complexity index is 1350. The highest BCUT2D eigenvalue weighted by Gasteiger charge is 2.38. The van der Waals surface area contributed by atoms with Crippen LogP contribution in [0.5, 0.6) is 0 Å². The van der Waals surface area contributed by atoms with Gasteiger partial charge in [-0.25, -0.2) is 35.4 Å². The summed E-state index contributed by atoms with van der Waals surface area (Å²) in [6, 6.07) is 4.22. The fourth-order valence-corrected chi connectivity index (χ4v) is 6.67. The summed E-state index contributed by atoms with van der Waals surface area (Å²) in [5, 5.41) is 2.59. The lowest BCUT2D eigenvalue weighted by Crippen LogP contribution is -2.49. The highest BCUT2D eigenvalue weighted by atomic mass is 32.2. The molecule has 0 N–H and O–H groups in total. The van der Waals surface area contributed by atoms with Gasteiger partial charge in [0, 0.05) is 38.0 Å². The number of aromatic nitrogens is 1. The Morgan fingerprint density at radius 1 is 0.857 bits per heavy atom. The maximum absolute atomic E-state index is 14.1. The van der Waals surface area contributed by atoms with E-state index in [0.29, 0.717) is 11.6 Å². The average Bonchev–Trinajstić information content (AvgIpc) is 3.27. The minimum absolute atomic E-state index is 0.143. The second-order valence-electron chi connectivity index (χ2n) is 8.47. The van der Waals surface area contributed by atoms with E-state index in [2.05, 4.69) is 17.1 Å². The molecule has 1 aromatic heterocycles. The lowest BCUT2D eigenvalue weighted by molar-refractivity contribution is 0.344. The van der Waals surface area contributed by atoms with Crippen LogP contribution in [0.25, 0.3) is 0 Å². The SMILES string of the molecule is Cc1cc(C)c(Cc2csc(N3CCN(S(=O)(=O)c4c(F)c(F)c(F)c(F)c4F)CC3)n2)c(C)c1. The van der Waals surface area contributed by atoms with Gasteiger partial charge in [0.25, 0.3) is 0 Å². The number of rotatable bonds is 5. The number of piperazine rings is 1. The van der Waals surface area contributed by atoms with Crippen molar-refractivity contribution >= 4 is 26.5 Å². The molecule has 0 spiro atoms. The number of sulfonamides is 1. The molecule has 35 heavy (non-hydrogen) atoms. The highest BCUT2D eigenvalue weighted by Crippen LogP contribution is 2.31. The number of nitrogens with zero attached hydrogens (tertiary/aromatic N) is 3. The van der Waals surface area contributed by atoms with Gasteiger partial charge in [-0.15, -0.1) is 11.3 Å². The minimum atomic E-state index is -4.95. The van der Waals surface area contributed by atoms with Crippen LogP contribution >= 0.6 is 11.3 Å². The van der Waals surface area contributed by atoms with Crippen LogP contribution in [0.3, 0.4) is 0 Å². The van der Waals surface area contributed by atoms with Crippen LogP contribution in [0.2, 0.25) is 0 Å². The molecule has 0 aliphatic carbocycles. The zero-order valence-corrected chi connectivity index (χ0v) is 20.8. The van der Waals surface area contributed by atoms with Gasteiger partial charge < -0.3 is 4.90 Å². The standard InChI is InChI=1S/C23H22F5N3O2S2/c1-12-8-13(2)16(14(3)9-12)10-15-11-34-23(29-15)30-4-6-31(7-5-30)35(32,33)22-20(27)18(25)17(24)19(26)21(22)28/h8-9,11H,4-7,10H2,1-3H3. The molecule has 0 saturated carbocycles. The van der Waals surface area contributed by atoms with Gasteiger partial charge in [-0.2, -0.15) is 4.31 Å². The first kappa shape index (κ1) is 25.5. The van der Waals surface area contributed by atoms with Crippen molar-refractivity contribution in [2.45, 2.75) is 32.1 Å². The van der Waals surface area contributed by atoms with Crippen LogP contribution in [0.4, 0.5) is 27.1 Å². The maximum Gasteiger partial charge on any atom is 0.249 e. The topological polar surface area (TPSA) is 53.5 Å². The Kier molecular flexibility index (Phi) is 6.91. The smallest absolute Gasteiger partial charge is 0.249 e. The molecule has 5 nitrogen and oxygen atoms in total. The Morgan fingerprint density at radius 3 is 1.91 bits per heavy atom. The number of benzene rings is 2. The van der Waals surface area contributed by atoms with Gasteiger partial charge >= 0.3 is 0 Å². The predicted octanol–water partition coefficient (Wildman–Crippen LogP) is 4.87. The van der Waals surface area contributed by atoms with Gasteiger partial charge in [0.15, 0.2) is 33.3 Å². The van der Waals surface area contributed by atoms with E-state index in [0.717, 1.165) is 10.00 Å². The molecule has 0 radical (unpaired) electrons. The van der Waals surface area contributed by atoms with Crippen molar-refractivity contribution in [1.29, 1.82) is 0 Å². The maximum atomic E-state index is 14.1. The third kappa shape index (κ3) is 4.66. The van der Waals surface area contributed by atoms with Crippen molar-refractivity contribution in [3.05, 3.63) is 74.5 Å². The predicted molar refractivity (Wildman–Crippen MR) is 123 cm³/mol. The summed E-state index contributed by atoms with van der Waals surface area (Å²) in [4.78, 5) is 4.65. The van der Waals surface area contributed by atoms with Gasteiger partial charge in [0.1, 0.15) is 0 Å². The molecule has 0 amide bonds. The van der Waals surface area contributed by atoms with Crippen molar-refractivity contribution < 1.29 is 30.4 Å². The van der Waals surface area contributed by atoms with Gasteiger partial charge in [-0.1, -0.05) is 17.7 Å². The number of hydrogen-bond acceptors (Lipinski definition) is 5. The van der Waals surface area contributed by atoms with Crippen LogP contribution in [0.1, 0.15) is 27.9 Å². The molecular formula is C23H22F5N3O2S2. The molecule has 0 atom stereocenters. The molecule has 1 fully saturated rings. The average molecular weight is 532 g/mol. The number of anilines is 1. The summed E-state index contributed by atoms with van der Waals surface area (Å²) < 4.78 is 94.8. The van der Waals surface area contributed by atoms with E-state index in [1.54, 1.807) is 0 Å². The second kappa shape index (κ2) is 9.47. The number of hydrogen-bond donors (Lipinski definition) is 0. The first-order chi connectivity index (χ1) is 16.4. The molecule has 1 aliphatic rings. The monoisotopic (exact) mass is 531 g/mol. The highest BCUT2D eigenvalue weighted by molar-refractivity contribution is 7.89. The van der Waals surface area contributed by atoms with Crippen LogP contribution in [0.15, 0.2) is 22.4 Å². The van der Waals surface area contributed by atoms with E-state index in [-0.39, 0.29) is 26.2 Å². The lowest BCUT2D eigenvalue weighted by Gasteiger charge is -2.33. The van der Waals surface area contributed by atoms with E-state index in [9.17, 15) is 30.4 Å².